The fourth-order valence-corrected chi connectivity index (χ4v) is 5.28. The maximum atomic E-state index is 13.5. The summed E-state index contributed by atoms with van der Waals surface area (Å²) in [5, 5.41) is 8.58. The van der Waals surface area contributed by atoms with Gasteiger partial charge in [0.1, 0.15) is 11.6 Å². The Morgan fingerprint density at radius 3 is 2.35 bits per heavy atom. The van der Waals surface area contributed by atoms with Crippen molar-refractivity contribution < 1.29 is 28.4 Å². The molecule has 1 saturated heterocycles. The van der Waals surface area contributed by atoms with E-state index in [9.17, 15) is 19.2 Å². The molecule has 1 unspecified atom stereocenters. The van der Waals surface area contributed by atoms with E-state index in [-0.39, 0.29) is 29.2 Å². The summed E-state index contributed by atoms with van der Waals surface area (Å²) in [6, 6.07) is 4.19. The van der Waals surface area contributed by atoms with Crippen LogP contribution in [0.15, 0.2) is 18.2 Å². The highest BCUT2D eigenvalue weighted by Crippen LogP contribution is 2.53. The summed E-state index contributed by atoms with van der Waals surface area (Å²) in [5.41, 5.74) is 0.985. The predicted octanol–water partition coefficient (Wildman–Crippen LogP) is 2.85. The molecule has 2 atom stereocenters. The zero-order valence-corrected chi connectivity index (χ0v) is 25.5. The van der Waals surface area contributed by atoms with Crippen molar-refractivity contribution in [2.24, 2.45) is 5.41 Å². The van der Waals surface area contributed by atoms with E-state index in [4.69, 9.17) is 4.74 Å². The highest BCUT2D eigenvalue weighted by molar-refractivity contribution is 5.99. The van der Waals surface area contributed by atoms with Gasteiger partial charge in [-0.2, -0.15) is 0 Å². The molecule has 3 rings (SSSR count). The monoisotopic (exact) mass is 558 g/mol. The van der Waals surface area contributed by atoms with Crippen LogP contribution in [0, 0.1) is 12.3 Å². The first-order valence-corrected chi connectivity index (χ1v) is 14.3. The number of carbonyl (C=O) groups is 4. The molecule has 4 amide bonds. The van der Waals surface area contributed by atoms with Gasteiger partial charge in [0, 0.05) is 36.7 Å². The molecule has 1 aromatic carbocycles. The number of carbonyl (C=O) groups excluding carboxylic acids is 4. The van der Waals surface area contributed by atoms with Crippen LogP contribution in [0.4, 0.5) is 4.79 Å². The normalized spacial score (nSPS) is 18.7. The second-order valence-corrected chi connectivity index (χ2v) is 13.4. The molecule has 2 aliphatic rings. The summed E-state index contributed by atoms with van der Waals surface area (Å²) in [5.74, 6) is -0.546. The number of ether oxygens (including phenoxy) is 1. The Hall–Kier alpha value is -3.14. The van der Waals surface area contributed by atoms with Gasteiger partial charge in [0.25, 0.3) is 11.8 Å². The molecule has 1 aliphatic heterocycles. The van der Waals surface area contributed by atoms with Crippen molar-refractivity contribution in [3.63, 3.8) is 0 Å². The summed E-state index contributed by atoms with van der Waals surface area (Å²) >= 11 is 0. The van der Waals surface area contributed by atoms with Crippen LogP contribution in [0.1, 0.15) is 79.2 Å². The van der Waals surface area contributed by atoms with Gasteiger partial charge >= 0.3 is 6.09 Å². The molecule has 10 nitrogen and oxygen atoms in total. The van der Waals surface area contributed by atoms with Crippen LogP contribution in [-0.4, -0.2) is 98.7 Å². The van der Waals surface area contributed by atoms with Crippen molar-refractivity contribution in [3.05, 3.63) is 34.9 Å². The smallest absolute Gasteiger partial charge is 0.408 e. The van der Waals surface area contributed by atoms with Crippen LogP contribution >= 0.6 is 0 Å². The maximum Gasteiger partial charge on any atom is 0.408 e. The number of benzene rings is 1. The molecule has 1 aromatic rings. The molecule has 1 saturated carbocycles. The van der Waals surface area contributed by atoms with Gasteiger partial charge < -0.3 is 30.1 Å². The number of nitrogens with one attached hydrogen (secondary N) is 3. The fourth-order valence-electron chi connectivity index (χ4n) is 5.28. The van der Waals surface area contributed by atoms with E-state index in [0.717, 1.165) is 42.3 Å². The third-order valence-electron chi connectivity index (χ3n) is 7.67. The minimum absolute atomic E-state index is 0.113. The van der Waals surface area contributed by atoms with Gasteiger partial charge in [-0.1, -0.05) is 0 Å². The molecular weight excluding hydrogens is 510 g/mol. The van der Waals surface area contributed by atoms with E-state index in [0.29, 0.717) is 30.6 Å². The molecule has 3 N–H and O–H groups in total. The number of unbranched alkanes of at least 4 members (excludes halogenated alkanes) is 1. The quantitative estimate of drug-likeness (QED) is 0.302. The standard InChI is InChI=1S/C30H47N5O5/c1-20-17-21(12-13-22(20)25(36)31-5)27(38)34-18-24(30(19-34)14-15-30)33-26(37)23(11-9-10-16-35(6,7)8)32-28(39)40-29(2,3)4/h12-13,17,23-24H,9-11,14-16,18-19H2,1-8H3,(H2-,31,32,33,36,37,39)/p+1/t23-,24?/m0/s1. The summed E-state index contributed by atoms with van der Waals surface area (Å²) in [6.07, 6.45) is 3.48. The first-order chi connectivity index (χ1) is 18.5. The SMILES string of the molecule is CNC(=O)c1ccc(C(=O)N2CC(NC(=O)[C@H](CCCC[N+](C)(C)C)NC(=O)OC(C)(C)C)C3(CC3)C2)cc1C. The summed E-state index contributed by atoms with van der Waals surface area (Å²) < 4.78 is 6.26. The number of likely N-dealkylation sites (tertiary alicyclic amines) is 1. The minimum atomic E-state index is -0.720. The lowest BCUT2D eigenvalue weighted by Crippen LogP contribution is -2.52. The van der Waals surface area contributed by atoms with Crippen LogP contribution in [0.5, 0.6) is 0 Å². The van der Waals surface area contributed by atoms with E-state index >= 15 is 0 Å². The Morgan fingerprint density at radius 2 is 1.80 bits per heavy atom. The van der Waals surface area contributed by atoms with Crippen LogP contribution in [0.25, 0.3) is 0 Å². The number of quaternary nitrogens is 1. The molecule has 0 radical (unpaired) electrons. The zero-order chi connectivity index (χ0) is 29.9. The molecule has 222 valence electrons. The number of aryl methyl sites for hydroxylation is 1. The largest absolute Gasteiger partial charge is 0.444 e. The maximum absolute atomic E-state index is 13.5. The first kappa shape index (κ1) is 31.4. The highest BCUT2D eigenvalue weighted by Gasteiger charge is 2.56. The molecule has 1 aliphatic carbocycles. The first-order valence-electron chi connectivity index (χ1n) is 14.3. The number of alkyl carbamates (subject to hydrolysis) is 1. The fraction of sp³-hybridized carbons (Fsp3) is 0.667. The van der Waals surface area contributed by atoms with Gasteiger partial charge in [-0.25, -0.2) is 4.79 Å². The van der Waals surface area contributed by atoms with Crippen molar-refractivity contribution in [1.82, 2.24) is 20.9 Å². The second kappa shape index (κ2) is 12.2. The van der Waals surface area contributed by atoms with Crippen molar-refractivity contribution >= 4 is 23.8 Å². The topological polar surface area (TPSA) is 117 Å². The van der Waals surface area contributed by atoms with E-state index in [1.807, 2.05) is 6.92 Å². The minimum Gasteiger partial charge on any atom is -0.444 e. The molecule has 0 aromatic heterocycles. The lowest BCUT2D eigenvalue weighted by Gasteiger charge is -2.26. The van der Waals surface area contributed by atoms with E-state index in [1.54, 1.807) is 50.9 Å². The van der Waals surface area contributed by atoms with Gasteiger partial charge in [-0.15, -0.1) is 0 Å². The summed E-state index contributed by atoms with van der Waals surface area (Å²) in [6.45, 7) is 9.12. The molecular formula is C30H48N5O5+. The Bertz CT molecular complexity index is 1120. The lowest BCUT2D eigenvalue weighted by molar-refractivity contribution is -0.870. The van der Waals surface area contributed by atoms with Crippen molar-refractivity contribution in [2.75, 3.05) is 47.8 Å². The van der Waals surface area contributed by atoms with Crippen LogP contribution in [-0.2, 0) is 9.53 Å². The van der Waals surface area contributed by atoms with Crippen LogP contribution in [0.3, 0.4) is 0 Å². The molecule has 10 heteroatoms. The lowest BCUT2D eigenvalue weighted by atomic mass is 10.00. The Labute approximate surface area is 238 Å². The van der Waals surface area contributed by atoms with Gasteiger partial charge in [-0.05, 0) is 83.6 Å². The van der Waals surface area contributed by atoms with Gasteiger partial charge in [0.15, 0.2) is 0 Å². The van der Waals surface area contributed by atoms with Crippen molar-refractivity contribution in [2.45, 2.75) is 77.5 Å². The van der Waals surface area contributed by atoms with E-state index in [1.165, 1.54) is 0 Å². The van der Waals surface area contributed by atoms with Gasteiger partial charge in [0.2, 0.25) is 5.91 Å². The Morgan fingerprint density at radius 1 is 1.12 bits per heavy atom. The van der Waals surface area contributed by atoms with Crippen molar-refractivity contribution in [1.29, 1.82) is 0 Å². The Kier molecular flexibility index (Phi) is 9.54. The molecule has 2 fully saturated rings. The van der Waals surface area contributed by atoms with Gasteiger partial charge in [0.05, 0.1) is 33.7 Å². The molecule has 1 spiro atoms. The molecule has 1 heterocycles. The van der Waals surface area contributed by atoms with Crippen molar-refractivity contribution in [3.8, 4) is 0 Å². The summed E-state index contributed by atoms with van der Waals surface area (Å²) in [4.78, 5) is 53.3. The zero-order valence-electron chi connectivity index (χ0n) is 25.5. The number of rotatable bonds is 10. The van der Waals surface area contributed by atoms with Gasteiger partial charge in [-0.3, -0.25) is 14.4 Å². The molecule has 40 heavy (non-hydrogen) atoms. The average molecular weight is 559 g/mol. The highest BCUT2D eigenvalue weighted by atomic mass is 16.6. The number of amides is 4. The average Bonchev–Trinajstić information content (AvgIpc) is 3.53. The van der Waals surface area contributed by atoms with E-state index in [2.05, 4.69) is 37.1 Å². The number of hydrogen-bond acceptors (Lipinski definition) is 5. The molecule has 0 bridgehead atoms. The Balaban J connectivity index is 1.67. The predicted molar refractivity (Wildman–Crippen MR) is 154 cm³/mol. The number of nitrogens with zero attached hydrogens (tertiary/aromatic N) is 2. The third-order valence-corrected chi connectivity index (χ3v) is 7.67. The third kappa shape index (κ3) is 8.43. The van der Waals surface area contributed by atoms with Crippen LogP contribution < -0.4 is 16.0 Å². The summed E-state index contributed by atoms with van der Waals surface area (Å²) in [7, 11) is 7.96. The number of hydrogen-bond donors (Lipinski definition) is 3. The van der Waals surface area contributed by atoms with Crippen LogP contribution in [0.2, 0.25) is 0 Å². The van der Waals surface area contributed by atoms with E-state index < -0.39 is 17.7 Å². The second-order valence-electron chi connectivity index (χ2n) is 13.4.